The van der Waals surface area contributed by atoms with Crippen LogP contribution in [0.5, 0.6) is 0 Å². The van der Waals surface area contributed by atoms with Crippen LogP contribution in [0.4, 0.5) is 10.7 Å². The molecule has 1 aromatic rings. The number of rotatable bonds is 7. The fourth-order valence-corrected chi connectivity index (χ4v) is 4.37. The molecule has 112 valence electrons. The van der Waals surface area contributed by atoms with Gasteiger partial charge in [0.05, 0.1) is 16.3 Å². The van der Waals surface area contributed by atoms with Crippen LogP contribution >= 0.6 is 11.3 Å². The van der Waals surface area contributed by atoms with Gasteiger partial charge in [-0.05, 0) is 0 Å². The molecule has 0 aliphatic rings. The van der Waals surface area contributed by atoms with Crippen molar-refractivity contribution in [1.29, 1.82) is 0 Å². The van der Waals surface area contributed by atoms with Gasteiger partial charge in [-0.3, -0.25) is 4.79 Å². The predicted octanol–water partition coefficient (Wildman–Crippen LogP) is 2.56. The van der Waals surface area contributed by atoms with Crippen molar-refractivity contribution in [3.63, 3.8) is 0 Å². The molecule has 0 fully saturated rings. The number of nitrogens with one attached hydrogen (secondary N) is 1. The summed E-state index contributed by atoms with van der Waals surface area (Å²) in [5, 5.41) is 3.36. The highest BCUT2D eigenvalue weighted by molar-refractivity contribution is 7.91. The van der Waals surface area contributed by atoms with E-state index < -0.39 is 9.84 Å². The molecule has 0 aromatic carbocycles. The number of Topliss-reactive ketones (excluding diaryl/α,β-unsaturated/α-hetero) is 1. The smallest absolute Gasteiger partial charge is 0.183 e. The van der Waals surface area contributed by atoms with Gasteiger partial charge in [-0.25, -0.2) is 8.42 Å². The maximum atomic E-state index is 12.2. The van der Waals surface area contributed by atoms with E-state index in [0.717, 1.165) is 11.3 Å². The molecule has 1 rings (SSSR count). The van der Waals surface area contributed by atoms with Gasteiger partial charge in [-0.1, -0.05) is 26.8 Å². The number of ketones is 1. The van der Waals surface area contributed by atoms with Crippen molar-refractivity contribution in [3.05, 3.63) is 17.5 Å². The average molecular weight is 316 g/mol. The maximum Gasteiger partial charge on any atom is 0.183 e. The van der Waals surface area contributed by atoms with Gasteiger partial charge in [0.1, 0.15) is 9.90 Å². The summed E-state index contributed by atoms with van der Waals surface area (Å²) in [5.74, 6) is -0.446. The largest absolute Gasteiger partial charge is 0.396 e. The lowest BCUT2D eigenvalue weighted by molar-refractivity contribution is 0.0944. The zero-order valence-electron chi connectivity index (χ0n) is 11.9. The summed E-state index contributed by atoms with van der Waals surface area (Å²) in [7, 11) is -3.49. The number of sulfone groups is 1. The zero-order chi connectivity index (χ0) is 15.5. The Bertz CT molecular complexity index is 616. The molecule has 3 N–H and O–H groups in total. The molecule has 1 heterocycles. The number of nitrogens with two attached hydrogens (primary N) is 1. The standard InChI is InChI=1S/C13H20N2O3S2/c1-5-7-15-13-12(20(17,18)6-2)9(14)11(19-13)10(16)8(3)4/h5,8,15H,1,6-7,14H2,2-4H3. The van der Waals surface area contributed by atoms with Gasteiger partial charge >= 0.3 is 0 Å². The molecule has 5 nitrogen and oxygen atoms in total. The first-order valence-corrected chi connectivity index (χ1v) is 8.77. The van der Waals surface area contributed by atoms with Crippen LogP contribution in [-0.2, 0) is 9.84 Å². The van der Waals surface area contributed by atoms with Gasteiger partial charge in [0.25, 0.3) is 0 Å². The Morgan fingerprint density at radius 3 is 2.55 bits per heavy atom. The summed E-state index contributed by atoms with van der Waals surface area (Å²) in [6, 6.07) is 0. The Morgan fingerprint density at radius 2 is 2.10 bits per heavy atom. The van der Waals surface area contributed by atoms with Gasteiger partial charge in [0, 0.05) is 12.5 Å². The molecule has 0 spiro atoms. The Balaban J connectivity index is 3.47. The molecule has 0 aliphatic carbocycles. The van der Waals surface area contributed by atoms with E-state index in [1.54, 1.807) is 26.8 Å². The van der Waals surface area contributed by atoms with Crippen molar-refractivity contribution in [2.24, 2.45) is 5.92 Å². The molecular formula is C13H20N2O3S2. The summed E-state index contributed by atoms with van der Waals surface area (Å²) in [5.41, 5.74) is 5.98. The van der Waals surface area contributed by atoms with Gasteiger partial charge in [-0.2, -0.15) is 0 Å². The molecular weight excluding hydrogens is 296 g/mol. The topological polar surface area (TPSA) is 89.3 Å². The normalized spacial score (nSPS) is 11.6. The molecule has 7 heteroatoms. The third-order valence-electron chi connectivity index (χ3n) is 2.75. The summed E-state index contributed by atoms with van der Waals surface area (Å²) in [4.78, 5) is 12.4. The summed E-state index contributed by atoms with van der Waals surface area (Å²) in [6.45, 7) is 9.04. The highest BCUT2D eigenvalue weighted by Crippen LogP contribution is 2.40. The SMILES string of the molecule is C=CCNc1sc(C(=O)C(C)C)c(N)c1S(=O)(=O)CC. The molecule has 1 aromatic heterocycles. The number of carbonyl (C=O) groups excluding carboxylic acids is 1. The second kappa shape index (κ2) is 6.41. The molecule has 0 saturated carbocycles. The minimum atomic E-state index is -3.49. The second-order valence-electron chi connectivity index (χ2n) is 4.60. The van der Waals surface area contributed by atoms with Crippen molar-refractivity contribution in [1.82, 2.24) is 0 Å². The van der Waals surface area contributed by atoms with Crippen LogP contribution in [0.2, 0.25) is 0 Å². The predicted molar refractivity (Wildman–Crippen MR) is 84.3 cm³/mol. The third-order valence-corrected chi connectivity index (χ3v) is 5.86. The molecule has 0 atom stereocenters. The fourth-order valence-electron chi connectivity index (χ4n) is 1.61. The van der Waals surface area contributed by atoms with E-state index in [1.807, 2.05) is 0 Å². The highest BCUT2D eigenvalue weighted by Gasteiger charge is 2.29. The van der Waals surface area contributed by atoms with Gasteiger partial charge in [-0.15, -0.1) is 17.9 Å². The quantitative estimate of drug-likeness (QED) is 0.596. The van der Waals surface area contributed by atoms with Crippen molar-refractivity contribution in [2.45, 2.75) is 25.7 Å². The molecule has 0 amide bonds. The van der Waals surface area contributed by atoms with Crippen molar-refractivity contribution < 1.29 is 13.2 Å². The number of nitrogen functional groups attached to an aromatic ring is 1. The zero-order valence-corrected chi connectivity index (χ0v) is 13.5. The van der Waals surface area contributed by atoms with Crippen molar-refractivity contribution in [3.8, 4) is 0 Å². The minimum absolute atomic E-state index is 0.0378. The Morgan fingerprint density at radius 1 is 1.50 bits per heavy atom. The van der Waals surface area contributed by atoms with E-state index in [1.165, 1.54) is 0 Å². The van der Waals surface area contributed by atoms with E-state index in [-0.39, 0.29) is 28.0 Å². The first-order valence-electron chi connectivity index (χ1n) is 6.30. The number of hydrogen-bond donors (Lipinski definition) is 2. The maximum absolute atomic E-state index is 12.2. The lowest BCUT2D eigenvalue weighted by atomic mass is 10.1. The fraction of sp³-hybridized carbons (Fsp3) is 0.462. The Labute approximate surface area is 123 Å². The number of anilines is 2. The first-order chi connectivity index (χ1) is 9.26. The van der Waals surface area contributed by atoms with Crippen LogP contribution < -0.4 is 11.1 Å². The Kier molecular flexibility index (Phi) is 5.35. The first kappa shape index (κ1) is 16.7. The van der Waals surface area contributed by atoms with E-state index in [0.29, 0.717) is 16.4 Å². The summed E-state index contributed by atoms with van der Waals surface area (Å²) in [6.07, 6.45) is 1.61. The molecule has 0 unspecified atom stereocenters. The van der Waals surface area contributed by atoms with E-state index in [9.17, 15) is 13.2 Å². The summed E-state index contributed by atoms with van der Waals surface area (Å²) >= 11 is 1.09. The monoisotopic (exact) mass is 316 g/mol. The summed E-state index contributed by atoms with van der Waals surface area (Å²) < 4.78 is 24.3. The van der Waals surface area contributed by atoms with Gasteiger partial charge < -0.3 is 11.1 Å². The number of carbonyl (C=O) groups is 1. The van der Waals surface area contributed by atoms with Crippen LogP contribution in [0.25, 0.3) is 0 Å². The second-order valence-corrected chi connectivity index (χ2v) is 7.83. The van der Waals surface area contributed by atoms with E-state index in [2.05, 4.69) is 11.9 Å². The minimum Gasteiger partial charge on any atom is -0.396 e. The van der Waals surface area contributed by atoms with Crippen LogP contribution in [0, 0.1) is 5.92 Å². The Hall–Kier alpha value is -1.34. The van der Waals surface area contributed by atoms with Gasteiger partial charge in [0.2, 0.25) is 0 Å². The molecule has 0 radical (unpaired) electrons. The van der Waals surface area contributed by atoms with E-state index >= 15 is 0 Å². The van der Waals surface area contributed by atoms with Crippen molar-refractivity contribution in [2.75, 3.05) is 23.3 Å². The average Bonchev–Trinajstić information content (AvgIpc) is 2.72. The lowest BCUT2D eigenvalue weighted by Crippen LogP contribution is -2.11. The number of thiophene rings is 1. The van der Waals surface area contributed by atoms with Gasteiger partial charge in [0.15, 0.2) is 15.6 Å². The molecule has 0 bridgehead atoms. The lowest BCUT2D eigenvalue weighted by Gasteiger charge is -2.06. The number of hydrogen-bond acceptors (Lipinski definition) is 6. The molecule has 20 heavy (non-hydrogen) atoms. The third kappa shape index (κ3) is 3.21. The van der Waals surface area contributed by atoms with Crippen LogP contribution in [0.15, 0.2) is 17.6 Å². The van der Waals surface area contributed by atoms with Crippen molar-refractivity contribution >= 4 is 37.6 Å². The van der Waals surface area contributed by atoms with E-state index in [4.69, 9.17) is 5.73 Å². The highest BCUT2D eigenvalue weighted by atomic mass is 32.2. The van der Waals surface area contributed by atoms with Crippen LogP contribution in [0.1, 0.15) is 30.4 Å². The molecule has 0 aliphatic heterocycles. The van der Waals surface area contributed by atoms with Crippen LogP contribution in [-0.4, -0.2) is 26.5 Å². The van der Waals surface area contributed by atoms with Crippen LogP contribution in [0.3, 0.4) is 0 Å². The molecule has 0 saturated heterocycles.